The molecule has 2 aromatic rings. The quantitative estimate of drug-likeness (QED) is 0.589. The van der Waals surface area contributed by atoms with E-state index in [1.165, 1.54) is 0 Å². The Balaban J connectivity index is 2.74. The van der Waals surface area contributed by atoms with Crippen LogP contribution in [0.5, 0.6) is 0 Å². The highest BCUT2D eigenvalue weighted by atomic mass is 127. The Morgan fingerprint density at radius 2 is 2.06 bits per heavy atom. The van der Waals surface area contributed by atoms with E-state index in [0.717, 1.165) is 14.5 Å². The molecular formula is C13H11IO2. The predicted octanol–water partition coefficient (Wildman–Crippen LogP) is 3.82. The second-order valence-electron chi connectivity index (χ2n) is 3.89. The first-order valence-electron chi connectivity index (χ1n) is 4.94. The molecule has 0 N–H and O–H groups in total. The van der Waals surface area contributed by atoms with E-state index < -0.39 is 0 Å². The van der Waals surface area contributed by atoms with E-state index >= 15 is 0 Å². The summed E-state index contributed by atoms with van der Waals surface area (Å²) in [4.78, 5) is 11.6. The second kappa shape index (κ2) is 4.41. The Kier molecular flexibility index (Phi) is 3.14. The summed E-state index contributed by atoms with van der Waals surface area (Å²) in [5, 5.41) is 0.957. The number of rotatable bonds is 1. The van der Waals surface area contributed by atoms with Crippen molar-refractivity contribution in [3.8, 4) is 0 Å². The van der Waals surface area contributed by atoms with E-state index in [-0.39, 0.29) is 5.63 Å². The molecule has 0 fully saturated rings. The summed E-state index contributed by atoms with van der Waals surface area (Å²) in [5.41, 5.74) is 2.04. The Bertz CT molecular complexity index is 619. The molecule has 0 saturated heterocycles. The van der Waals surface area contributed by atoms with Crippen LogP contribution in [0.25, 0.3) is 17.0 Å². The van der Waals surface area contributed by atoms with Crippen LogP contribution in [0.1, 0.15) is 19.4 Å². The van der Waals surface area contributed by atoms with Gasteiger partial charge in [-0.15, -0.1) is 0 Å². The average molecular weight is 326 g/mol. The van der Waals surface area contributed by atoms with Crippen molar-refractivity contribution in [3.05, 3.63) is 49.4 Å². The molecule has 0 saturated carbocycles. The zero-order valence-electron chi connectivity index (χ0n) is 9.08. The molecule has 0 atom stereocenters. The van der Waals surface area contributed by atoms with Crippen LogP contribution in [0, 0.1) is 3.57 Å². The van der Waals surface area contributed by atoms with Crippen molar-refractivity contribution in [1.29, 1.82) is 0 Å². The highest BCUT2D eigenvalue weighted by Crippen LogP contribution is 2.17. The lowest BCUT2D eigenvalue weighted by atomic mass is 10.1. The van der Waals surface area contributed by atoms with Gasteiger partial charge in [-0.3, -0.25) is 0 Å². The molecule has 2 rings (SSSR count). The molecule has 0 aliphatic heterocycles. The molecule has 16 heavy (non-hydrogen) atoms. The molecule has 0 aliphatic rings. The smallest absolute Gasteiger partial charge is 0.343 e. The summed E-state index contributed by atoms with van der Waals surface area (Å²) in [7, 11) is 0. The fourth-order valence-electron chi connectivity index (χ4n) is 1.52. The van der Waals surface area contributed by atoms with Crippen LogP contribution in [-0.2, 0) is 0 Å². The van der Waals surface area contributed by atoms with Gasteiger partial charge in [0.05, 0.1) is 5.56 Å². The molecule has 2 nitrogen and oxygen atoms in total. The number of benzene rings is 1. The largest absolute Gasteiger partial charge is 0.422 e. The maximum Gasteiger partial charge on any atom is 0.343 e. The molecule has 0 aliphatic carbocycles. The minimum absolute atomic E-state index is 0.282. The second-order valence-corrected chi connectivity index (χ2v) is 5.14. The first-order chi connectivity index (χ1) is 7.56. The molecule has 0 amide bonds. The lowest BCUT2D eigenvalue weighted by Crippen LogP contribution is -2.02. The molecule has 1 aromatic heterocycles. The fraction of sp³-hybridized carbons (Fsp3) is 0.154. The van der Waals surface area contributed by atoms with Gasteiger partial charge in [-0.1, -0.05) is 5.57 Å². The summed E-state index contributed by atoms with van der Waals surface area (Å²) in [6.45, 7) is 3.91. The third-order valence-electron chi connectivity index (χ3n) is 2.17. The van der Waals surface area contributed by atoms with E-state index in [0.29, 0.717) is 11.1 Å². The predicted molar refractivity (Wildman–Crippen MR) is 74.5 cm³/mol. The van der Waals surface area contributed by atoms with Gasteiger partial charge in [0.1, 0.15) is 5.58 Å². The van der Waals surface area contributed by atoms with Gasteiger partial charge >= 0.3 is 5.63 Å². The summed E-state index contributed by atoms with van der Waals surface area (Å²) in [6, 6.07) is 7.62. The topological polar surface area (TPSA) is 30.2 Å². The molecule has 1 aromatic carbocycles. The lowest BCUT2D eigenvalue weighted by Gasteiger charge is -1.99. The van der Waals surface area contributed by atoms with Gasteiger partial charge in [-0.05, 0) is 66.8 Å². The van der Waals surface area contributed by atoms with Crippen molar-refractivity contribution in [3.63, 3.8) is 0 Å². The fourth-order valence-corrected chi connectivity index (χ4v) is 2.04. The number of halogens is 1. The van der Waals surface area contributed by atoms with Crippen molar-refractivity contribution in [2.24, 2.45) is 0 Å². The van der Waals surface area contributed by atoms with Gasteiger partial charge in [0.15, 0.2) is 0 Å². The lowest BCUT2D eigenvalue weighted by molar-refractivity contribution is 0.559. The van der Waals surface area contributed by atoms with Crippen molar-refractivity contribution >= 4 is 39.6 Å². The van der Waals surface area contributed by atoms with Crippen LogP contribution in [-0.4, -0.2) is 0 Å². The minimum Gasteiger partial charge on any atom is -0.422 e. The Hall–Kier alpha value is -1.10. The number of fused-ring (bicyclic) bond motifs is 1. The molecule has 0 radical (unpaired) electrons. The van der Waals surface area contributed by atoms with Gasteiger partial charge in [0, 0.05) is 8.96 Å². The van der Waals surface area contributed by atoms with Crippen LogP contribution in [0.15, 0.2) is 39.1 Å². The van der Waals surface area contributed by atoms with Crippen LogP contribution in [0.4, 0.5) is 0 Å². The van der Waals surface area contributed by atoms with Crippen LogP contribution < -0.4 is 5.63 Å². The summed E-state index contributed by atoms with van der Waals surface area (Å²) in [5.74, 6) is 0. The van der Waals surface area contributed by atoms with Crippen LogP contribution in [0.3, 0.4) is 0 Å². The van der Waals surface area contributed by atoms with Crippen molar-refractivity contribution in [2.45, 2.75) is 13.8 Å². The first-order valence-corrected chi connectivity index (χ1v) is 6.02. The first kappa shape index (κ1) is 11.4. The van der Waals surface area contributed by atoms with Gasteiger partial charge in [-0.2, -0.15) is 0 Å². The SMILES string of the molecule is CC(C)=Cc1cc2cc(I)ccc2oc1=O. The normalized spacial score (nSPS) is 10.4. The Labute approximate surface area is 107 Å². The summed E-state index contributed by atoms with van der Waals surface area (Å²) < 4.78 is 6.37. The van der Waals surface area contributed by atoms with Crippen LogP contribution in [0.2, 0.25) is 0 Å². The molecule has 0 spiro atoms. The van der Waals surface area contributed by atoms with E-state index in [4.69, 9.17) is 4.42 Å². The molecule has 0 bridgehead atoms. The van der Waals surface area contributed by atoms with Crippen molar-refractivity contribution < 1.29 is 4.42 Å². The Morgan fingerprint density at radius 1 is 1.31 bits per heavy atom. The molecular weight excluding hydrogens is 315 g/mol. The maximum absolute atomic E-state index is 11.6. The molecule has 82 valence electrons. The van der Waals surface area contributed by atoms with Gasteiger partial charge in [0.25, 0.3) is 0 Å². The molecule has 1 heterocycles. The van der Waals surface area contributed by atoms with E-state index in [1.807, 2.05) is 44.2 Å². The zero-order chi connectivity index (χ0) is 11.7. The summed E-state index contributed by atoms with van der Waals surface area (Å²) in [6.07, 6.45) is 1.84. The summed E-state index contributed by atoms with van der Waals surface area (Å²) >= 11 is 2.24. The van der Waals surface area contributed by atoms with Crippen LogP contribution >= 0.6 is 22.6 Å². The van der Waals surface area contributed by atoms with Gasteiger partial charge in [0.2, 0.25) is 0 Å². The molecule has 0 unspecified atom stereocenters. The highest BCUT2D eigenvalue weighted by Gasteiger charge is 2.03. The van der Waals surface area contributed by atoms with E-state index in [9.17, 15) is 4.79 Å². The number of hydrogen-bond donors (Lipinski definition) is 0. The van der Waals surface area contributed by atoms with E-state index in [1.54, 1.807) is 0 Å². The van der Waals surface area contributed by atoms with Gasteiger partial charge < -0.3 is 4.42 Å². The van der Waals surface area contributed by atoms with Crippen molar-refractivity contribution in [2.75, 3.05) is 0 Å². The van der Waals surface area contributed by atoms with E-state index in [2.05, 4.69) is 22.6 Å². The zero-order valence-corrected chi connectivity index (χ0v) is 11.2. The molecule has 3 heteroatoms. The highest BCUT2D eigenvalue weighted by molar-refractivity contribution is 14.1. The maximum atomic E-state index is 11.6. The number of hydrogen-bond acceptors (Lipinski definition) is 2. The number of allylic oxidation sites excluding steroid dienone is 1. The standard InChI is InChI=1S/C13H11IO2/c1-8(2)5-10-6-9-7-11(14)3-4-12(9)16-13(10)15/h3-7H,1-2H3. The minimum atomic E-state index is -0.282. The van der Waals surface area contributed by atoms with Crippen molar-refractivity contribution in [1.82, 2.24) is 0 Å². The monoisotopic (exact) mass is 326 g/mol. The third kappa shape index (κ3) is 2.35. The Morgan fingerprint density at radius 3 is 2.75 bits per heavy atom. The average Bonchev–Trinajstić information content (AvgIpc) is 2.19. The third-order valence-corrected chi connectivity index (χ3v) is 2.84. The van der Waals surface area contributed by atoms with Gasteiger partial charge in [-0.25, -0.2) is 4.79 Å².